The molecule has 1 heterocycles. The van der Waals surface area contributed by atoms with Crippen molar-refractivity contribution in [3.8, 4) is 0 Å². The molecule has 1 unspecified atom stereocenters. The summed E-state index contributed by atoms with van der Waals surface area (Å²) in [7, 11) is 0. The van der Waals surface area contributed by atoms with Crippen LogP contribution in [-0.4, -0.2) is 22.0 Å². The minimum atomic E-state index is -4.12. The predicted octanol–water partition coefficient (Wildman–Crippen LogP) is 2.89. The van der Waals surface area contributed by atoms with E-state index in [1.54, 1.807) is 4.68 Å². The first-order chi connectivity index (χ1) is 7.78. The number of hydrogen-bond donors (Lipinski definition) is 1. The van der Waals surface area contributed by atoms with Gasteiger partial charge in [0.15, 0.2) is 0 Å². The fourth-order valence-corrected chi connectivity index (χ4v) is 1.46. The van der Waals surface area contributed by atoms with Crippen LogP contribution in [0.2, 0.25) is 0 Å². The number of rotatable bonds is 5. The van der Waals surface area contributed by atoms with E-state index < -0.39 is 18.6 Å². The molecular weight excluding hydrogens is 231 g/mol. The Morgan fingerprint density at radius 2 is 2.00 bits per heavy atom. The van der Waals surface area contributed by atoms with Crippen molar-refractivity contribution in [2.24, 2.45) is 0 Å². The monoisotopic (exact) mass is 249 g/mol. The summed E-state index contributed by atoms with van der Waals surface area (Å²) in [6.45, 7) is 5.87. The van der Waals surface area contributed by atoms with Gasteiger partial charge in [0.1, 0.15) is 0 Å². The second kappa shape index (κ2) is 5.53. The van der Waals surface area contributed by atoms with E-state index >= 15 is 0 Å². The van der Waals surface area contributed by atoms with Gasteiger partial charge in [-0.15, -0.1) is 0 Å². The van der Waals surface area contributed by atoms with E-state index in [9.17, 15) is 13.2 Å². The third-order valence-corrected chi connectivity index (χ3v) is 2.36. The van der Waals surface area contributed by atoms with Gasteiger partial charge >= 0.3 is 6.18 Å². The molecule has 6 heteroatoms. The smallest absolute Gasteiger partial charge is 0.308 e. The molecular formula is C11H18F3N3. The second-order valence-corrected chi connectivity index (χ2v) is 4.48. The standard InChI is InChI=1S/C11H18F3N3/c1-8(2)17-5-4-10(16-17)7-15-9(3)6-11(12,13)14/h4-5,8-9,15H,6-7H2,1-3H3. The van der Waals surface area contributed by atoms with Gasteiger partial charge in [0, 0.05) is 24.8 Å². The summed E-state index contributed by atoms with van der Waals surface area (Å²) in [5, 5.41) is 7.06. The molecule has 0 aliphatic carbocycles. The van der Waals surface area contributed by atoms with Crippen molar-refractivity contribution in [3.05, 3.63) is 18.0 Å². The lowest BCUT2D eigenvalue weighted by Crippen LogP contribution is -2.30. The quantitative estimate of drug-likeness (QED) is 0.869. The Morgan fingerprint density at radius 1 is 1.35 bits per heavy atom. The van der Waals surface area contributed by atoms with Gasteiger partial charge in [-0.1, -0.05) is 0 Å². The van der Waals surface area contributed by atoms with Crippen molar-refractivity contribution < 1.29 is 13.2 Å². The molecule has 0 bridgehead atoms. The first-order valence-electron chi connectivity index (χ1n) is 5.62. The molecule has 17 heavy (non-hydrogen) atoms. The first kappa shape index (κ1) is 14.0. The molecule has 1 N–H and O–H groups in total. The SMILES string of the molecule is CC(CC(F)(F)F)NCc1ccn(C(C)C)n1. The number of hydrogen-bond acceptors (Lipinski definition) is 2. The van der Waals surface area contributed by atoms with Crippen LogP contribution in [0.1, 0.15) is 38.9 Å². The number of nitrogens with one attached hydrogen (secondary N) is 1. The fourth-order valence-electron chi connectivity index (χ4n) is 1.46. The maximum atomic E-state index is 12.1. The summed E-state index contributed by atoms with van der Waals surface area (Å²) in [6, 6.07) is 1.48. The number of aromatic nitrogens is 2. The lowest BCUT2D eigenvalue weighted by molar-refractivity contribution is -0.139. The minimum absolute atomic E-state index is 0.261. The van der Waals surface area contributed by atoms with Crippen LogP contribution in [-0.2, 0) is 6.54 Å². The third-order valence-electron chi connectivity index (χ3n) is 2.36. The molecule has 0 aliphatic rings. The summed E-state index contributed by atoms with van der Waals surface area (Å²) in [6.07, 6.45) is -3.11. The van der Waals surface area contributed by atoms with Crippen LogP contribution in [0.15, 0.2) is 12.3 Å². The van der Waals surface area contributed by atoms with E-state index in [4.69, 9.17) is 0 Å². The maximum absolute atomic E-state index is 12.1. The van der Waals surface area contributed by atoms with Crippen LogP contribution in [0.3, 0.4) is 0 Å². The van der Waals surface area contributed by atoms with E-state index in [1.165, 1.54) is 6.92 Å². The molecule has 0 aromatic carbocycles. The molecule has 0 amide bonds. The van der Waals surface area contributed by atoms with Crippen LogP contribution >= 0.6 is 0 Å². The summed E-state index contributed by atoms with van der Waals surface area (Å²) in [4.78, 5) is 0. The van der Waals surface area contributed by atoms with Gasteiger partial charge in [0.25, 0.3) is 0 Å². The van der Waals surface area contributed by atoms with Gasteiger partial charge in [-0.05, 0) is 26.8 Å². The molecule has 1 aromatic heterocycles. The van der Waals surface area contributed by atoms with Crippen LogP contribution in [0.4, 0.5) is 13.2 Å². The molecule has 0 spiro atoms. The lowest BCUT2D eigenvalue weighted by atomic mass is 10.2. The Morgan fingerprint density at radius 3 is 2.47 bits per heavy atom. The van der Waals surface area contributed by atoms with E-state index in [0.717, 1.165) is 5.69 Å². The van der Waals surface area contributed by atoms with Crippen LogP contribution in [0.5, 0.6) is 0 Å². The second-order valence-electron chi connectivity index (χ2n) is 4.48. The van der Waals surface area contributed by atoms with Crippen molar-refractivity contribution in [2.75, 3.05) is 0 Å². The number of halogens is 3. The average Bonchev–Trinajstić information content (AvgIpc) is 2.60. The highest BCUT2D eigenvalue weighted by Gasteiger charge is 2.29. The zero-order chi connectivity index (χ0) is 13.1. The van der Waals surface area contributed by atoms with Crippen molar-refractivity contribution in [1.82, 2.24) is 15.1 Å². The highest BCUT2D eigenvalue weighted by molar-refractivity contribution is 4.99. The Kier molecular flexibility index (Phi) is 4.56. The number of alkyl halides is 3. The summed E-state index contributed by atoms with van der Waals surface area (Å²) >= 11 is 0. The molecule has 0 fully saturated rings. The number of nitrogens with zero attached hydrogens (tertiary/aromatic N) is 2. The molecule has 1 atom stereocenters. The van der Waals surface area contributed by atoms with Crippen molar-refractivity contribution in [1.29, 1.82) is 0 Å². The van der Waals surface area contributed by atoms with Gasteiger partial charge in [-0.25, -0.2) is 0 Å². The van der Waals surface area contributed by atoms with Crippen molar-refractivity contribution >= 4 is 0 Å². The van der Waals surface area contributed by atoms with E-state index in [2.05, 4.69) is 10.4 Å². The summed E-state index contributed by atoms with van der Waals surface area (Å²) < 4.78 is 38.0. The van der Waals surface area contributed by atoms with E-state index in [-0.39, 0.29) is 6.04 Å². The third kappa shape index (κ3) is 5.21. The molecule has 0 aliphatic heterocycles. The van der Waals surface area contributed by atoms with Gasteiger partial charge in [0.05, 0.1) is 12.1 Å². The Balaban J connectivity index is 2.39. The highest BCUT2D eigenvalue weighted by atomic mass is 19.4. The first-order valence-corrected chi connectivity index (χ1v) is 5.62. The maximum Gasteiger partial charge on any atom is 0.390 e. The van der Waals surface area contributed by atoms with Crippen molar-refractivity contribution in [2.45, 2.75) is 52.0 Å². The van der Waals surface area contributed by atoms with Gasteiger partial charge in [0.2, 0.25) is 0 Å². The molecule has 98 valence electrons. The van der Waals surface area contributed by atoms with Crippen LogP contribution in [0.25, 0.3) is 0 Å². The Labute approximate surface area is 99.0 Å². The fraction of sp³-hybridized carbons (Fsp3) is 0.727. The van der Waals surface area contributed by atoms with Gasteiger partial charge in [-0.2, -0.15) is 18.3 Å². The molecule has 0 saturated carbocycles. The molecule has 1 rings (SSSR count). The Hall–Kier alpha value is -1.04. The molecule has 3 nitrogen and oxygen atoms in total. The topological polar surface area (TPSA) is 29.9 Å². The zero-order valence-electron chi connectivity index (χ0n) is 10.3. The Bertz CT molecular complexity index is 344. The highest BCUT2D eigenvalue weighted by Crippen LogP contribution is 2.21. The van der Waals surface area contributed by atoms with E-state index in [1.807, 2.05) is 26.1 Å². The zero-order valence-corrected chi connectivity index (χ0v) is 10.3. The van der Waals surface area contributed by atoms with E-state index in [0.29, 0.717) is 6.54 Å². The molecule has 1 aromatic rings. The lowest BCUT2D eigenvalue weighted by Gasteiger charge is -2.14. The minimum Gasteiger partial charge on any atom is -0.308 e. The molecule has 0 saturated heterocycles. The normalized spacial score (nSPS) is 14.3. The van der Waals surface area contributed by atoms with Crippen molar-refractivity contribution in [3.63, 3.8) is 0 Å². The largest absolute Gasteiger partial charge is 0.390 e. The summed E-state index contributed by atoms with van der Waals surface area (Å²) in [5.41, 5.74) is 0.757. The predicted molar refractivity (Wildman–Crippen MR) is 59.6 cm³/mol. The molecule has 0 radical (unpaired) electrons. The van der Waals surface area contributed by atoms with Gasteiger partial charge < -0.3 is 5.32 Å². The van der Waals surface area contributed by atoms with Crippen LogP contribution in [0, 0.1) is 0 Å². The van der Waals surface area contributed by atoms with Crippen LogP contribution < -0.4 is 5.32 Å². The van der Waals surface area contributed by atoms with Gasteiger partial charge in [-0.3, -0.25) is 4.68 Å². The summed E-state index contributed by atoms with van der Waals surface area (Å²) in [5.74, 6) is 0. The average molecular weight is 249 g/mol.